The van der Waals surface area contributed by atoms with E-state index >= 15 is 0 Å². The monoisotopic (exact) mass is 691 g/mol. The number of alkyl halides is 3. The van der Waals surface area contributed by atoms with Gasteiger partial charge in [0.25, 0.3) is 20.0 Å². The van der Waals surface area contributed by atoms with Gasteiger partial charge in [-0.05, 0) is 49.2 Å². The minimum Gasteiger partial charge on any atom is -0.455 e. The van der Waals surface area contributed by atoms with E-state index < -0.39 is 49.9 Å². The fourth-order valence-corrected chi connectivity index (χ4v) is 9.83. The molecule has 46 heavy (non-hydrogen) atoms. The Balaban J connectivity index is 1.54. The van der Waals surface area contributed by atoms with Gasteiger partial charge in [-0.3, -0.25) is 4.79 Å². The molecule has 9 nitrogen and oxygen atoms in total. The standard InChI is InChI=1S/C31H25ClF3N3O6S2/c32-23-18-26-28(44-27-16-8-7-14-22(27)29-24(15-9-17-37(26)29)36-30(39)31(33,34)35)19-25(23)38(45(40,41)20-10-3-1-4-11-20)46(42,43)21-12-5-2-6-13-21/h1-8,10-14,16,18-19,24,29H,9,15,17H2,(H,36,39)/t24-,29-/m0/s1. The molecular formula is C31H25ClF3N3O6S2. The molecule has 0 aromatic heterocycles. The van der Waals surface area contributed by atoms with Crippen molar-refractivity contribution in [3.63, 3.8) is 0 Å². The van der Waals surface area contributed by atoms with Crippen molar-refractivity contribution in [2.24, 2.45) is 0 Å². The van der Waals surface area contributed by atoms with E-state index in [0.29, 0.717) is 18.5 Å². The molecule has 2 heterocycles. The van der Waals surface area contributed by atoms with E-state index in [1.807, 2.05) is 0 Å². The number of nitrogens with one attached hydrogen (secondary N) is 1. The molecule has 2 aliphatic heterocycles. The Morgan fingerprint density at radius 1 is 0.848 bits per heavy atom. The number of para-hydroxylation sites is 1. The molecule has 0 saturated carbocycles. The van der Waals surface area contributed by atoms with Crippen molar-refractivity contribution in [1.29, 1.82) is 0 Å². The molecule has 4 aromatic rings. The SMILES string of the molecule is O=C(N[C@H]1CCCN2c3cc(Cl)c(N(S(=O)(=O)c4ccccc4)S(=O)(=O)c4ccccc4)cc3Oc3ccccc3[C@@H]12)C(F)(F)F. The van der Waals surface area contributed by atoms with Crippen LogP contribution in [0.2, 0.25) is 5.02 Å². The van der Waals surface area contributed by atoms with E-state index in [-0.39, 0.29) is 42.1 Å². The molecule has 1 amide bonds. The van der Waals surface area contributed by atoms with Gasteiger partial charge in [0.2, 0.25) is 0 Å². The zero-order chi connectivity index (χ0) is 32.9. The highest BCUT2D eigenvalue weighted by Gasteiger charge is 2.45. The topological polar surface area (TPSA) is 113 Å². The minimum absolute atomic E-state index is 0.00803. The van der Waals surface area contributed by atoms with E-state index in [0.717, 1.165) is 0 Å². The molecular weight excluding hydrogens is 667 g/mol. The zero-order valence-electron chi connectivity index (χ0n) is 23.7. The number of fused-ring (bicyclic) bond motifs is 5. The van der Waals surface area contributed by atoms with Crippen LogP contribution in [0.3, 0.4) is 0 Å². The molecule has 1 N–H and O–H groups in total. The van der Waals surface area contributed by atoms with E-state index in [2.05, 4.69) is 5.32 Å². The highest BCUT2D eigenvalue weighted by atomic mass is 35.5. The summed E-state index contributed by atoms with van der Waals surface area (Å²) < 4.78 is 103. The number of carbonyl (C=O) groups is 1. The van der Waals surface area contributed by atoms with Gasteiger partial charge in [0.05, 0.1) is 38.3 Å². The fraction of sp³-hybridized carbons (Fsp3) is 0.194. The number of ether oxygens (including phenoxy) is 1. The molecule has 1 fully saturated rings. The maximum absolute atomic E-state index is 14.1. The molecule has 0 aliphatic carbocycles. The van der Waals surface area contributed by atoms with Crippen molar-refractivity contribution in [3.05, 3.63) is 108 Å². The molecule has 1 saturated heterocycles. The summed E-state index contributed by atoms with van der Waals surface area (Å²) in [6.07, 6.45) is -4.48. The molecule has 2 aliphatic rings. The summed E-state index contributed by atoms with van der Waals surface area (Å²) in [7, 11) is -9.60. The van der Waals surface area contributed by atoms with E-state index in [1.54, 1.807) is 41.3 Å². The second kappa shape index (κ2) is 11.8. The maximum atomic E-state index is 14.1. The lowest BCUT2D eigenvalue weighted by molar-refractivity contribution is -0.174. The first kappa shape index (κ1) is 31.7. The van der Waals surface area contributed by atoms with Gasteiger partial charge >= 0.3 is 12.1 Å². The smallest absolute Gasteiger partial charge is 0.455 e. The van der Waals surface area contributed by atoms with Crippen LogP contribution in [-0.4, -0.2) is 41.5 Å². The lowest BCUT2D eigenvalue weighted by Crippen LogP contribution is -2.52. The van der Waals surface area contributed by atoms with E-state index in [4.69, 9.17) is 16.3 Å². The van der Waals surface area contributed by atoms with Crippen LogP contribution in [0, 0.1) is 0 Å². The molecule has 0 bridgehead atoms. The van der Waals surface area contributed by atoms with Crippen molar-refractivity contribution in [2.45, 2.75) is 40.9 Å². The Hall–Kier alpha value is -4.27. The molecule has 0 unspecified atom stereocenters. The predicted octanol–water partition coefficient (Wildman–Crippen LogP) is 6.42. The van der Waals surface area contributed by atoms with Gasteiger partial charge in [0.1, 0.15) is 5.75 Å². The number of benzene rings is 4. The third-order valence-electron chi connectivity index (χ3n) is 7.72. The first-order chi connectivity index (χ1) is 21.8. The van der Waals surface area contributed by atoms with Gasteiger partial charge in [-0.1, -0.05) is 66.2 Å². The van der Waals surface area contributed by atoms with Crippen LogP contribution in [0.4, 0.5) is 24.5 Å². The van der Waals surface area contributed by atoms with Crippen LogP contribution in [0.25, 0.3) is 0 Å². The summed E-state index contributed by atoms with van der Waals surface area (Å²) in [4.78, 5) is 13.1. The van der Waals surface area contributed by atoms with Gasteiger partial charge in [0, 0.05) is 18.2 Å². The van der Waals surface area contributed by atoms with Crippen LogP contribution in [0.15, 0.2) is 107 Å². The Morgan fingerprint density at radius 3 is 2.00 bits per heavy atom. The van der Waals surface area contributed by atoms with Crippen molar-refractivity contribution in [1.82, 2.24) is 5.32 Å². The third-order valence-corrected chi connectivity index (χ3v) is 12.2. The molecule has 240 valence electrons. The number of amides is 1. The number of hydrogen-bond donors (Lipinski definition) is 1. The number of anilines is 2. The minimum atomic E-state index is -5.10. The summed E-state index contributed by atoms with van der Waals surface area (Å²) in [5.41, 5.74) is 0.312. The zero-order valence-corrected chi connectivity index (χ0v) is 26.1. The van der Waals surface area contributed by atoms with Crippen molar-refractivity contribution < 1.29 is 39.5 Å². The molecule has 4 aromatic carbocycles. The highest BCUT2D eigenvalue weighted by molar-refractivity contribution is 8.10. The number of nitrogens with zero attached hydrogens (tertiary/aromatic N) is 2. The number of rotatable bonds is 6. The lowest BCUT2D eigenvalue weighted by atomic mass is 9.89. The Labute approximate surface area is 268 Å². The van der Waals surface area contributed by atoms with Gasteiger partial charge < -0.3 is 15.0 Å². The third kappa shape index (κ3) is 5.65. The second-order valence-corrected chi connectivity index (χ2v) is 14.8. The molecule has 0 spiro atoms. The molecule has 0 radical (unpaired) electrons. The number of piperidine rings is 1. The van der Waals surface area contributed by atoms with Crippen molar-refractivity contribution in [3.8, 4) is 11.5 Å². The Morgan fingerprint density at radius 2 is 1.41 bits per heavy atom. The number of carbonyl (C=O) groups excluding carboxylic acids is 1. The quantitative estimate of drug-likeness (QED) is 0.248. The van der Waals surface area contributed by atoms with Crippen LogP contribution < -0.4 is 18.7 Å². The number of sulfonamides is 2. The van der Waals surface area contributed by atoms with E-state index in [9.17, 15) is 34.8 Å². The van der Waals surface area contributed by atoms with Crippen molar-refractivity contribution in [2.75, 3.05) is 15.2 Å². The summed E-state index contributed by atoms with van der Waals surface area (Å²) in [5, 5.41) is 1.83. The Kier molecular flexibility index (Phi) is 8.15. The van der Waals surface area contributed by atoms with Crippen molar-refractivity contribution >= 4 is 48.9 Å². The fourth-order valence-electron chi connectivity index (χ4n) is 5.73. The van der Waals surface area contributed by atoms with Gasteiger partial charge in [-0.2, -0.15) is 16.9 Å². The predicted molar refractivity (Wildman–Crippen MR) is 165 cm³/mol. The maximum Gasteiger partial charge on any atom is 0.471 e. The van der Waals surface area contributed by atoms with Gasteiger partial charge in [-0.15, -0.1) is 0 Å². The highest BCUT2D eigenvalue weighted by Crippen LogP contribution is 2.51. The van der Waals surface area contributed by atoms with Crippen LogP contribution in [0.1, 0.15) is 24.4 Å². The summed E-state index contributed by atoms with van der Waals surface area (Å²) in [6.45, 7) is 0.317. The molecule has 15 heteroatoms. The first-order valence-electron chi connectivity index (χ1n) is 14.0. The lowest BCUT2D eigenvalue weighted by Gasteiger charge is -2.42. The van der Waals surface area contributed by atoms with Crippen LogP contribution in [-0.2, 0) is 24.8 Å². The first-order valence-corrected chi connectivity index (χ1v) is 17.2. The average molecular weight is 692 g/mol. The van der Waals surface area contributed by atoms with Crippen LogP contribution >= 0.6 is 11.6 Å². The largest absolute Gasteiger partial charge is 0.471 e. The van der Waals surface area contributed by atoms with Crippen LogP contribution in [0.5, 0.6) is 11.5 Å². The van der Waals surface area contributed by atoms with E-state index in [1.165, 1.54) is 60.7 Å². The Bertz CT molecular complexity index is 1940. The summed E-state index contributed by atoms with van der Waals surface area (Å²) in [6, 6.07) is 21.2. The molecule has 2 atom stereocenters. The second-order valence-electron chi connectivity index (χ2n) is 10.6. The molecule has 6 rings (SSSR count). The number of hydrogen-bond acceptors (Lipinski definition) is 7. The van der Waals surface area contributed by atoms with Gasteiger partial charge in [0.15, 0.2) is 5.75 Å². The summed E-state index contributed by atoms with van der Waals surface area (Å²) in [5.74, 6) is -1.85. The average Bonchev–Trinajstić information content (AvgIpc) is 3.16. The normalized spacial score (nSPS) is 17.9. The number of halogens is 4. The van der Waals surface area contributed by atoms with Gasteiger partial charge in [-0.25, -0.2) is 16.8 Å². The summed E-state index contributed by atoms with van der Waals surface area (Å²) >= 11 is 6.75.